The topological polar surface area (TPSA) is 104 Å². The van der Waals surface area contributed by atoms with Gasteiger partial charge in [0.05, 0.1) is 23.8 Å². The summed E-state index contributed by atoms with van der Waals surface area (Å²) in [4.78, 5) is 40.7. The van der Waals surface area contributed by atoms with Crippen molar-refractivity contribution in [2.45, 2.75) is 45.0 Å². The van der Waals surface area contributed by atoms with Crippen LogP contribution >= 0.6 is 11.6 Å². The predicted octanol–water partition coefficient (Wildman–Crippen LogP) is 3.82. The van der Waals surface area contributed by atoms with Crippen LogP contribution in [0.15, 0.2) is 49.1 Å². The Morgan fingerprint density at radius 3 is 2.83 bits per heavy atom. The SMILES string of the molecule is Cc1cn(C[C@@H]2CCCN(C(=O)[C@H]3CN([C@@H]4c5ccc(Cl)cc5OCc5cccnc54)CCN3C(=O)O)C2)cn1. The molecule has 0 saturated carbocycles. The van der Waals surface area contributed by atoms with Gasteiger partial charge in [0.2, 0.25) is 5.91 Å². The Labute approximate surface area is 238 Å². The summed E-state index contributed by atoms with van der Waals surface area (Å²) >= 11 is 6.31. The largest absolute Gasteiger partial charge is 0.488 e. The van der Waals surface area contributed by atoms with Gasteiger partial charge in [-0.15, -0.1) is 0 Å². The van der Waals surface area contributed by atoms with Gasteiger partial charge in [-0.3, -0.25) is 19.6 Å². The van der Waals surface area contributed by atoms with Gasteiger partial charge in [0.25, 0.3) is 0 Å². The molecular formula is C29H33ClN6O4. The maximum Gasteiger partial charge on any atom is 0.408 e. The molecule has 3 aliphatic heterocycles. The molecule has 40 heavy (non-hydrogen) atoms. The molecule has 3 aliphatic rings. The highest BCUT2D eigenvalue weighted by Crippen LogP contribution is 2.40. The van der Waals surface area contributed by atoms with Crippen LogP contribution in [0.3, 0.4) is 0 Å². The lowest BCUT2D eigenvalue weighted by Gasteiger charge is -2.44. The molecule has 0 unspecified atom stereocenters. The summed E-state index contributed by atoms with van der Waals surface area (Å²) in [5.74, 6) is 0.824. The molecule has 210 valence electrons. The summed E-state index contributed by atoms with van der Waals surface area (Å²) in [5, 5.41) is 10.6. The van der Waals surface area contributed by atoms with Gasteiger partial charge in [-0.1, -0.05) is 23.7 Å². The average Bonchev–Trinajstić information content (AvgIpc) is 3.29. The molecule has 3 atom stereocenters. The second-order valence-electron chi connectivity index (χ2n) is 10.9. The molecule has 0 radical (unpaired) electrons. The van der Waals surface area contributed by atoms with Crippen LogP contribution in [0.5, 0.6) is 5.75 Å². The molecule has 0 aliphatic carbocycles. The maximum absolute atomic E-state index is 14.0. The van der Waals surface area contributed by atoms with Gasteiger partial charge in [0.1, 0.15) is 18.4 Å². The van der Waals surface area contributed by atoms with E-state index in [0.717, 1.165) is 41.9 Å². The fourth-order valence-electron chi connectivity index (χ4n) is 6.32. The number of carbonyl (C=O) groups is 2. The van der Waals surface area contributed by atoms with Gasteiger partial charge in [-0.25, -0.2) is 9.78 Å². The average molecular weight is 565 g/mol. The lowest BCUT2D eigenvalue weighted by Crippen LogP contribution is -2.62. The number of hydrogen-bond acceptors (Lipinski definition) is 6. The van der Waals surface area contributed by atoms with Crippen LogP contribution < -0.4 is 4.74 Å². The molecule has 2 aromatic heterocycles. The van der Waals surface area contributed by atoms with E-state index in [2.05, 4.69) is 14.5 Å². The van der Waals surface area contributed by atoms with Gasteiger partial charge in [-0.2, -0.15) is 0 Å². The Balaban J connectivity index is 1.27. The van der Waals surface area contributed by atoms with E-state index in [-0.39, 0.29) is 31.0 Å². The third-order valence-corrected chi connectivity index (χ3v) is 8.44. The second-order valence-corrected chi connectivity index (χ2v) is 11.3. The minimum Gasteiger partial charge on any atom is -0.488 e. The summed E-state index contributed by atoms with van der Waals surface area (Å²) in [7, 11) is 0. The number of piperidine rings is 1. The molecule has 5 heterocycles. The Morgan fingerprint density at radius 1 is 1.15 bits per heavy atom. The Hall–Kier alpha value is -3.63. The zero-order valence-corrected chi connectivity index (χ0v) is 23.2. The van der Waals surface area contributed by atoms with Crippen molar-refractivity contribution in [3.8, 4) is 5.75 Å². The molecular weight excluding hydrogens is 532 g/mol. The zero-order valence-electron chi connectivity index (χ0n) is 22.4. The molecule has 10 nitrogen and oxygen atoms in total. The molecule has 0 spiro atoms. The Bertz CT molecular complexity index is 1410. The minimum atomic E-state index is -1.07. The van der Waals surface area contributed by atoms with Crippen molar-refractivity contribution in [2.75, 3.05) is 32.7 Å². The number of benzene rings is 1. The number of fused-ring (bicyclic) bond motifs is 2. The van der Waals surface area contributed by atoms with Crippen LogP contribution in [0.1, 0.15) is 41.4 Å². The first kappa shape index (κ1) is 26.6. The molecule has 2 amide bonds. The number of carbonyl (C=O) groups excluding carboxylic acids is 1. The molecule has 2 fully saturated rings. The van der Waals surface area contributed by atoms with Gasteiger partial charge in [0.15, 0.2) is 0 Å². The molecule has 0 bridgehead atoms. The number of amides is 2. The highest BCUT2D eigenvalue weighted by molar-refractivity contribution is 6.30. The first-order valence-electron chi connectivity index (χ1n) is 13.7. The third kappa shape index (κ3) is 5.25. The Kier molecular flexibility index (Phi) is 7.37. The molecule has 3 aromatic rings. The van der Waals surface area contributed by atoms with Crippen LogP contribution in [-0.4, -0.2) is 85.1 Å². The molecule has 1 aromatic carbocycles. The van der Waals surface area contributed by atoms with Crippen LogP contribution in [0.2, 0.25) is 5.02 Å². The normalized spacial score (nSPS) is 23.1. The molecule has 11 heteroatoms. The first-order valence-corrected chi connectivity index (χ1v) is 14.1. The van der Waals surface area contributed by atoms with E-state index in [0.29, 0.717) is 37.0 Å². The standard InChI is InChI=1S/C29H33ClN6O4/c1-19-13-33(18-32-19)14-20-4-3-9-35(15-20)28(37)24-16-34(10-11-36(24)29(38)39)27-23-7-6-22(30)12-25(23)40-17-21-5-2-8-31-26(21)27/h2,5-8,12-13,18,20,24,27H,3-4,9-11,14-17H2,1H3,(H,38,39)/t20-,24+,27+/m0/s1. The number of halogens is 1. The van der Waals surface area contributed by atoms with Crippen LogP contribution in [0, 0.1) is 12.8 Å². The number of ether oxygens (including phenoxy) is 1. The van der Waals surface area contributed by atoms with Gasteiger partial charge >= 0.3 is 6.09 Å². The van der Waals surface area contributed by atoms with Gasteiger partial charge in [-0.05, 0) is 43.9 Å². The highest BCUT2D eigenvalue weighted by Gasteiger charge is 2.42. The van der Waals surface area contributed by atoms with Crippen molar-refractivity contribution in [1.82, 2.24) is 29.2 Å². The van der Waals surface area contributed by atoms with E-state index in [9.17, 15) is 14.7 Å². The van der Waals surface area contributed by atoms with E-state index >= 15 is 0 Å². The first-order chi connectivity index (χ1) is 19.4. The lowest BCUT2D eigenvalue weighted by molar-refractivity contribution is -0.141. The highest BCUT2D eigenvalue weighted by atomic mass is 35.5. The number of imidazole rings is 1. The van der Waals surface area contributed by atoms with Crippen molar-refractivity contribution in [3.63, 3.8) is 0 Å². The third-order valence-electron chi connectivity index (χ3n) is 8.21. The number of likely N-dealkylation sites (tertiary alicyclic amines) is 1. The number of carboxylic acid groups (broad SMARTS) is 1. The zero-order chi connectivity index (χ0) is 27.8. The minimum absolute atomic E-state index is 0.138. The number of aryl methyl sites for hydroxylation is 1. The molecule has 2 saturated heterocycles. The molecule has 1 N–H and O–H groups in total. The number of rotatable bonds is 4. The van der Waals surface area contributed by atoms with Crippen molar-refractivity contribution >= 4 is 23.6 Å². The van der Waals surface area contributed by atoms with Crippen molar-refractivity contribution < 1.29 is 19.4 Å². The van der Waals surface area contributed by atoms with E-state index < -0.39 is 12.1 Å². The van der Waals surface area contributed by atoms with E-state index in [1.54, 1.807) is 6.20 Å². The fraction of sp³-hybridized carbons (Fsp3) is 0.448. The lowest BCUT2D eigenvalue weighted by atomic mass is 9.95. The fourth-order valence-corrected chi connectivity index (χ4v) is 6.49. The van der Waals surface area contributed by atoms with Crippen molar-refractivity contribution in [2.24, 2.45) is 5.92 Å². The summed E-state index contributed by atoms with van der Waals surface area (Å²) in [5.41, 5.74) is 3.68. The monoisotopic (exact) mass is 564 g/mol. The summed E-state index contributed by atoms with van der Waals surface area (Å²) in [6.07, 6.45) is 6.44. The predicted molar refractivity (Wildman–Crippen MR) is 148 cm³/mol. The summed E-state index contributed by atoms with van der Waals surface area (Å²) in [6.45, 7) is 5.28. The van der Waals surface area contributed by atoms with Crippen LogP contribution in [-0.2, 0) is 17.9 Å². The van der Waals surface area contributed by atoms with Gasteiger partial charge < -0.3 is 19.3 Å². The van der Waals surface area contributed by atoms with E-state index in [1.807, 2.05) is 54.7 Å². The quantitative estimate of drug-likeness (QED) is 0.513. The number of piperazine rings is 1. The summed E-state index contributed by atoms with van der Waals surface area (Å²) in [6, 6.07) is 8.35. The van der Waals surface area contributed by atoms with Crippen molar-refractivity contribution in [1.29, 1.82) is 0 Å². The Morgan fingerprint density at radius 2 is 2.02 bits per heavy atom. The summed E-state index contributed by atoms with van der Waals surface area (Å²) < 4.78 is 8.20. The number of pyridine rings is 1. The number of hydrogen-bond donors (Lipinski definition) is 1. The number of aromatic nitrogens is 3. The van der Waals surface area contributed by atoms with Crippen LogP contribution in [0.4, 0.5) is 4.79 Å². The maximum atomic E-state index is 14.0. The second kappa shape index (κ2) is 11.1. The number of nitrogens with zero attached hydrogens (tertiary/aromatic N) is 6. The van der Waals surface area contributed by atoms with Crippen LogP contribution in [0.25, 0.3) is 0 Å². The van der Waals surface area contributed by atoms with E-state index in [4.69, 9.17) is 21.3 Å². The van der Waals surface area contributed by atoms with Gasteiger partial charge in [0, 0.05) is 67.8 Å². The van der Waals surface area contributed by atoms with E-state index in [1.165, 1.54) is 4.90 Å². The smallest absolute Gasteiger partial charge is 0.408 e. The molecule has 6 rings (SSSR count). The van der Waals surface area contributed by atoms with Crippen molar-refractivity contribution in [3.05, 3.63) is 76.6 Å².